The minimum absolute atomic E-state index is 0.0133. The van der Waals surface area contributed by atoms with Crippen LogP contribution in [0.1, 0.15) is 31.2 Å². The molecule has 0 bridgehead atoms. The number of hydrazone groups is 1. The van der Waals surface area contributed by atoms with Crippen LogP contribution in [0.15, 0.2) is 65.9 Å². The van der Waals surface area contributed by atoms with Gasteiger partial charge in [-0.2, -0.15) is 5.10 Å². The smallest absolute Gasteiger partial charge is 0.339 e. The maximum atomic E-state index is 15.1. The zero-order chi connectivity index (χ0) is 32.3. The molecule has 1 aliphatic rings. The highest BCUT2D eigenvalue weighted by Crippen LogP contribution is 2.37. The molecule has 242 valence electrons. The number of halogens is 1. The molecule has 2 heterocycles. The van der Waals surface area contributed by atoms with Crippen molar-refractivity contribution in [1.82, 2.24) is 15.3 Å². The number of amides is 2. The molecule has 3 aromatic carbocycles. The van der Waals surface area contributed by atoms with E-state index >= 15 is 4.39 Å². The molecular formula is C34H38FN5O6. The zero-order valence-electron chi connectivity index (χ0n) is 26.2. The Morgan fingerprint density at radius 1 is 0.913 bits per heavy atom. The molecule has 0 aliphatic carbocycles. The van der Waals surface area contributed by atoms with Gasteiger partial charge in [0.2, 0.25) is 0 Å². The van der Waals surface area contributed by atoms with E-state index < -0.39 is 11.8 Å². The van der Waals surface area contributed by atoms with Crippen molar-refractivity contribution < 1.29 is 32.9 Å². The van der Waals surface area contributed by atoms with Gasteiger partial charge in [0.15, 0.2) is 23.1 Å². The minimum atomic E-state index is -0.609. The van der Waals surface area contributed by atoms with Crippen molar-refractivity contribution in [3.8, 4) is 34.5 Å². The minimum Gasteiger partial charge on any atom is -0.497 e. The summed E-state index contributed by atoms with van der Waals surface area (Å²) in [4.78, 5) is 19.2. The maximum absolute atomic E-state index is 15.1. The van der Waals surface area contributed by atoms with Crippen molar-refractivity contribution in [2.24, 2.45) is 5.10 Å². The first-order valence-electron chi connectivity index (χ1n) is 15.1. The molecule has 1 saturated heterocycles. The Morgan fingerprint density at radius 2 is 1.70 bits per heavy atom. The first-order chi connectivity index (χ1) is 22.4. The lowest BCUT2D eigenvalue weighted by atomic mass is 10.1. The lowest BCUT2D eigenvalue weighted by Crippen LogP contribution is -2.31. The van der Waals surface area contributed by atoms with Crippen molar-refractivity contribution in [3.05, 3.63) is 72.2 Å². The Bertz CT molecular complexity index is 1660. The van der Waals surface area contributed by atoms with E-state index in [0.29, 0.717) is 57.5 Å². The highest BCUT2D eigenvalue weighted by molar-refractivity contribution is 5.91. The first kappa shape index (κ1) is 32.3. The number of piperidine rings is 1. The summed E-state index contributed by atoms with van der Waals surface area (Å²) in [7, 11) is 4.60. The number of hydrogen-bond acceptors (Lipinski definition) is 9. The molecule has 0 saturated carbocycles. The number of hydrogen-bond donors (Lipinski definition) is 2. The number of anilines is 1. The van der Waals surface area contributed by atoms with E-state index in [0.717, 1.165) is 26.1 Å². The molecule has 0 radical (unpaired) electrons. The monoisotopic (exact) mass is 631 g/mol. The molecule has 0 unspecified atom stereocenters. The normalized spacial score (nSPS) is 13.4. The summed E-state index contributed by atoms with van der Waals surface area (Å²) in [6, 6.07) is 14.0. The third kappa shape index (κ3) is 8.54. The van der Waals surface area contributed by atoms with Crippen LogP contribution in [0.3, 0.4) is 0 Å². The molecule has 1 fully saturated rings. The summed E-state index contributed by atoms with van der Waals surface area (Å²) in [6.07, 6.45) is 7.67. The van der Waals surface area contributed by atoms with Crippen molar-refractivity contribution in [1.29, 1.82) is 0 Å². The Labute approximate surface area is 267 Å². The molecule has 46 heavy (non-hydrogen) atoms. The van der Waals surface area contributed by atoms with E-state index in [1.165, 1.54) is 51.8 Å². The highest BCUT2D eigenvalue weighted by Gasteiger charge is 2.15. The van der Waals surface area contributed by atoms with Crippen LogP contribution < -0.4 is 34.4 Å². The van der Waals surface area contributed by atoms with Crippen LogP contribution in [0.2, 0.25) is 0 Å². The number of rotatable bonds is 13. The predicted molar refractivity (Wildman–Crippen MR) is 174 cm³/mol. The average molecular weight is 632 g/mol. The summed E-state index contributed by atoms with van der Waals surface area (Å²) in [5, 5.41) is 7.18. The number of nitrogens with one attached hydrogen (secondary N) is 2. The van der Waals surface area contributed by atoms with Gasteiger partial charge in [-0.15, -0.1) is 0 Å². The summed E-state index contributed by atoms with van der Waals surface area (Å²) in [5.41, 5.74) is 3.84. The zero-order valence-corrected chi connectivity index (χ0v) is 26.2. The molecule has 2 amide bonds. The number of urea groups is 1. The van der Waals surface area contributed by atoms with Gasteiger partial charge in [0, 0.05) is 48.1 Å². The summed E-state index contributed by atoms with van der Waals surface area (Å²) < 4.78 is 43.1. The van der Waals surface area contributed by atoms with E-state index in [9.17, 15) is 4.79 Å². The Hall–Kier alpha value is -5.10. The van der Waals surface area contributed by atoms with E-state index in [1.807, 2.05) is 6.07 Å². The fourth-order valence-corrected chi connectivity index (χ4v) is 5.15. The summed E-state index contributed by atoms with van der Waals surface area (Å²) in [5.74, 6) is 1.98. The molecule has 4 aromatic rings. The first-order valence-corrected chi connectivity index (χ1v) is 15.1. The van der Waals surface area contributed by atoms with Crippen molar-refractivity contribution in [2.45, 2.75) is 25.7 Å². The van der Waals surface area contributed by atoms with Gasteiger partial charge in [-0.25, -0.2) is 14.6 Å². The van der Waals surface area contributed by atoms with Gasteiger partial charge >= 0.3 is 6.03 Å². The topological polar surface area (TPSA) is 116 Å². The van der Waals surface area contributed by atoms with Gasteiger partial charge < -0.3 is 33.9 Å². The molecule has 0 atom stereocenters. The van der Waals surface area contributed by atoms with Crippen molar-refractivity contribution in [3.63, 3.8) is 0 Å². The second kappa shape index (κ2) is 15.8. The summed E-state index contributed by atoms with van der Waals surface area (Å²) in [6.45, 7) is 3.88. The van der Waals surface area contributed by atoms with Crippen molar-refractivity contribution >= 4 is 28.8 Å². The summed E-state index contributed by atoms with van der Waals surface area (Å²) >= 11 is 0. The van der Waals surface area contributed by atoms with Gasteiger partial charge in [-0.1, -0.05) is 6.42 Å². The maximum Gasteiger partial charge on any atom is 0.339 e. The van der Waals surface area contributed by atoms with E-state index in [4.69, 9.17) is 23.7 Å². The lowest BCUT2D eigenvalue weighted by molar-refractivity contribution is 0.203. The third-order valence-electron chi connectivity index (χ3n) is 7.48. The van der Waals surface area contributed by atoms with Crippen LogP contribution in [0.5, 0.6) is 34.5 Å². The van der Waals surface area contributed by atoms with E-state index in [2.05, 4.69) is 25.7 Å². The number of likely N-dealkylation sites (tertiary alicyclic amines) is 1. The third-order valence-corrected chi connectivity index (χ3v) is 7.48. The van der Waals surface area contributed by atoms with Gasteiger partial charge in [-0.3, -0.25) is 4.98 Å². The molecule has 0 spiro atoms. The number of pyridine rings is 1. The number of benzene rings is 3. The molecule has 2 N–H and O–H groups in total. The molecule has 5 rings (SSSR count). The number of fused-ring (bicyclic) bond motifs is 1. The van der Waals surface area contributed by atoms with Gasteiger partial charge in [0.25, 0.3) is 0 Å². The number of ether oxygens (including phenoxy) is 5. The van der Waals surface area contributed by atoms with Gasteiger partial charge in [0.05, 0.1) is 39.7 Å². The molecule has 1 aliphatic heterocycles. The van der Waals surface area contributed by atoms with Crippen LogP contribution in [-0.2, 0) is 0 Å². The Balaban J connectivity index is 1.20. The number of aromatic nitrogens is 1. The standard InChI is InChI=1S/C34H38FN5O6/c1-42-25-17-24(18-26(19-25)43-2)38-34(41)39-37-22-23-8-9-31(28(35)16-23)46-30-10-11-36-29-21-33(32(44-3)20-27(29)30)45-15-7-14-40-12-5-4-6-13-40/h8-11,16-22H,4-7,12-15H2,1-3H3,(H2,38,39,41)/b37-22+. The van der Waals surface area contributed by atoms with Crippen LogP contribution in [0, 0.1) is 5.82 Å². The van der Waals surface area contributed by atoms with Crippen LogP contribution in [-0.4, -0.2) is 69.7 Å². The molecule has 1 aromatic heterocycles. The number of methoxy groups -OCH3 is 3. The lowest BCUT2D eigenvalue weighted by Gasteiger charge is -2.26. The molecular weight excluding hydrogens is 593 g/mol. The van der Waals surface area contributed by atoms with Crippen LogP contribution in [0.4, 0.5) is 14.9 Å². The van der Waals surface area contributed by atoms with Crippen LogP contribution in [0.25, 0.3) is 10.9 Å². The fraction of sp³-hybridized carbons (Fsp3) is 0.324. The number of carbonyl (C=O) groups excluding carboxylic acids is 1. The van der Waals surface area contributed by atoms with E-state index in [-0.39, 0.29) is 5.75 Å². The molecule has 11 nitrogen and oxygen atoms in total. The highest BCUT2D eigenvalue weighted by atomic mass is 19.1. The van der Waals surface area contributed by atoms with Gasteiger partial charge in [0.1, 0.15) is 17.2 Å². The second-order valence-electron chi connectivity index (χ2n) is 10.7. The SMILES string of the molecule is COc1cc(NC(=O)N/N=C/c2ccc(Oc3ccnc4cc(OCCCN5CCCCC5)c(OC)cc34)c(F)c2)cc(OC)c1. The second-order valence-corrected chi connectivity index (χ2v) is 10.7. The predicted octanol–water partition coefficient (Wildman–Crippen LogP) is 6.60. The van der Waals surface area contributed by atoms with Crippen LogP contribution >= 0.6 is 0 Å². The largest absolute Gasteiger partial charge is 0.497 e. The quantitative estimate of drug-likeness (QED) is 0.0964. The Kier molecular flexibility index (Phi) is 11.1. The number of carbonyl (C=O) groups is 1. The van der Waals surface area contributed by atoms with E-state index in [1.54, 1.807) is 49.7 Å². The van der Waals surface area contributed by atoms with Gasteiger partial charge in [-0.05, 0) is 68.2 Å². The van der Waals surface area contributed by atoms with Crippen molar-refractivity contribution in [2.75, 3.05) is 52.9 Å². The molecule has 12 heteroatoms. The number of nitrogens with zero attached hydrogens (tertiary/aromatic N) is 3. The average Bonchev–Trinajstić information content (AvgIpc) is 3.07. The fourth-order valence-electron chi connectivity index (χ4n) is 5.15. The Morgan fingerprint density at radius 3 is 2.41 bits per heavy atom.